The highest BCUT2D eigenvalue weighted by atomic mass is 32.2. The van der Waals surface area contributed by atoms with Crippen molar-refractivity contribution in [1.82, 2.24) is 5.32 Å². The van der Waals surface area contributed by atoms with Gasteiger partial charge in [-0.15, -0.1) is 0 Å². The third-order valence-corrected chi connectivity index (χ3v) is 3.88. The van der Waals surface area contributed by atoms with Gasteiger partial charge >= 0.3 is 0 Å². The van der Waals surface area contributed by atoms with E-state index in [2.05, 4.69) is 5.32 Å². The minimum Gasteiger partial charge on any atom is -0.353 e. The van der Waals surface area contributed by atoms with E-state index in [0.29, 0.717) is 18.3 Å². The Labute approximate surface area is 93.4 Å². The molecule has 0 aromatic carbocycles. The summed E-state index contributed by atoms with van der Waals surface area (Å²) in [4.78, 5) is 11.5. The smallest absolute Gasteiger partial charge is 0.232 e. The van der Waals surface area contributed by atoms with Gasteiger partial charge in [0.2, 0.25) is 5.91 Å². The van der Waals surface area contributed by atoms with Crippen LogP contribution >= 0.6 is 0 Å². The van der Waals surface area contributed by atoms with Crippen molar-refractivity contribution in [3.05, 3.63) is 0 Å². The first-order valence-corrected chi connectivity index (χ1v) is 7.05. The van der Waals surface area contributed by atoms with Crippen molar-refractivity contribution in [2.75, 3.05) is 18.1 Å². The molecule has 1 atom stereocenters. The maximum atomic E-state index is 11.5. The van der Waals surface area contributed by atoms with Gasteiger partial charge in [0.25, 0.3) is 0 Å². The topological polar surface area (TPSA) is 72.2 Å². The lowest BCUT2D eigenvalue weighted by molar-refractivity contribution is -0.119. The Kier molecular flexibility index (Phi) is 5.86. The SMILES string of the molecule is NCCS(=O)CC(=O)NC1CCCCC1. The van der Waals surface area contributed by atoms with Crippen molar-refractivity contribution < 1.29 is 9.00 Å². The number of hydrogen-bond donors (Lipinski definition) is 2. The monoisotopic (exact) mass is 232 g/mol. The number of carbonyl (C=O) groups is 1. The second kappa shape index (κ2) is 6.95. The number of nitrogens with two attached hydrogens (primary N) is 1. The van der Waals surface area contributed by atoms with Crippen molar-refractivity contribution in [2.24, 2.45) is 5.73 Å². The molecule has 0 aromatic rings. The Morgan fingerprint density at radius 3 is 2.60 bits per heavy atom. The Morgan fingerprint density at radius 2 is 2.00 bits per heavy atom. The quantitative estimate of drug-likeness (QED) is 0.708. The summed E-state index contributed by atoms with van der Waals surface area (Å²) in [6.45, 7) is 0.378. The summed E-state index contributed by atoms with van der Waals surface area (Å²) in [5.74, 6) is 0.430. The zero-order valence-corrected chi connectivity index (χ0v) is 9.85. The van der Waals surface area contributed by atoms with Crippen molar-refractivity contribution in [3.63, 3.8) is 0 Å². The summed E-state index contributed by atoms with van der Waals surface area (Å²) in [6.07, 6.45) is 5.78. The molecule has 1 fully saturated rings. The molecule has 0 aliphatic heterocycles. The fourth-order valence-electron chi connectivity index (χ4n) is 1.87. The van der Waals surface area contributed by atoms with E-state index in [1.54, 1.807) is 0 Å². The Hall–Kier alpha value is -0.420. The highest BCUT2D eigenvalue weighted by Crippen LogP contribution is 2.17. The van der Waals surface area contributed by atoms with Gasteiger partial charge < -0.3 is 11.1 Å². The van der Waals surface area contributed by atoms with Crippen LogP contribution in [0.5, 0.6) is 0 Å². The van der Waals surface area contributed by atoms with Crippen LogP contribution in [0, 0.1) is 0 Å². The van der Waals surface area contributed by atoms with Gasteiger partial charge in [-0.1, -0.05) is 19.3 Å². The van der Waals surface area contributed by atoms with E-state index < -0.39 is 10.8 Å². The molecule has 5 heteroatoms. The molecule has 0 heterocycles. The van der Waals surface area contributed by atoms with Crippen LogP contribution < -0.4 is 11.1 Å². The van der Waals surface area contributed by atoms with E-state index in [9.17, 15) is 9.00 Å². The van der Waals surface area contributed by atoms with Crippen molar-refractivity contribution in [2.45, 2.75) is 38.1 Å². The molecule has 15 heavy (non-hydrogen) atoms. The largest absolute Gasteiger partial charge is 0.353 e. The van der Waals surface area contributed by atoms with Gasteiger partial charge in [0.1, 0.15) is 5.75 Å². The molecule has 1 amide bonds. The third-order valence-electron chi connectivity index (χ3n) is 2.61. The molecule has 0 spiro atoms. The fourth-order valence-corrected chi connectivity index (χ4v) is 2.65. The van der Waals surface area contributed by atoms with E-state index in [1.165, 1.54) is 19.3 Å². The van der Waals surface area contributed by atoms with Gasteiger partial charge in [-0.05, 0) is 12.8 Å². The minimum atomic E-state index is -1.09. The highest BCUT2D eigenvalue weighted by Gasteiger charge is 2.16. The molecule has 1 unspecified atom stereocenters. The lowest BCUT2D eigenvalue weighted by atomic mass is 9.95. The summed E-state index contributed by atoms with van der Waals surface area (Å²) >= 11 is 0. The zero-order chi connectivity index (χ0) is 11.1. The molecule has 0 saturated heterocycles. The maximum absolute atomic E-state index is 11.5. The molecule has 1 aliphatic rings. The normalized spacial score (nSPS) is 19.8. The zero-order valence-electron chi connectivity index (χ0n) is 9.04. The summed E-state index contributed by atoms with van der Waals surface area (Å²) in [6, 6.07) is 0.307. The molecular weight excluding hydrogens is 212 g/mol. The second-order valence-corrected chi connectivity index (χ2v) is 5.56. The van der Waals surface area contributed by atoms with Gasteiger partial charge in [-0.3, -0.25) is 9.00 Å². The predicted molar refractivity (Wildman–Crippen MR) is 61.9 cm³/mol. The molecule has 0 radical (unpaired) electrons. The average Bonchev–Trinajstić information content (AvgIpc) is 2.19. The maximum Gasteiger partial charge on any atom is 0.232 e. The summed E-state index contributed by atoms with van der Waals surface area (Å²) in [5.41, 5.74) is 5.26. The number of nitrogens with one attached hydrogen (secondary N) is 1. The van der Waals surface area contributed by atoms with Gasteiger partial charge in [0, 0.05) is 29.1 Å². The summed E-state index contributed by atoms with van der Waals surface area (Å²) in [7, 11) is -1.09. The van der Waals surface area contributed by atoms with Gasteiger partial charge in [0.15, 0.2) is 0 Å². The van der Waals surface area contributed by atoms with Crippen LogP contribution in [0.1, 0.15) is 32.1 Å². The number of amides is 1. The molecule has 4 nitrogen and oxygen atoms in total. The highest BCUT2D eigenvalue weighted by molar-refractivity contribution is 7.85. The lowest BCUT2D eigenvalue weighted by Crippen LogP contribution is -2.39. The average molecular weight is 232 g/mol. The molecule has 88 valence electrons. The van der Waals surface area contributed by atoms with Gasteiger partial charge in [-0.2, -0.15) is 0 Å². The molecule has 1 rings (SSSR count). The number of rotatable bonds is 5. The van der Waals surface area contributed by atoms with E-state index in [4.69, 9.17) is 5.73 Å². The molecule has 1 aliphatic carbocycles. The van der Waals surface area contributed by atoms with Gasteiger partial charge in [-0.25, -0.2) is 0 Å². The van der Waals surface area contributed by atoms with Crippen LogP contribution in [0.25, 0.3) is 0 Å². The van der Waals surface area contributed by atoms with E-state index in [-0.39, 0.29) is 11.7 Å². The van der Waals surface area contributed by atoms with Crippen LogP contribution in [0.4, 0.5) is 0 Å². The minimum absolute atomic E-state index is 0.0892. The Morgan fingerprint density at radius 1 is 1.33 bits per heavy atom. The second-order valence-electron chi connectivity index (χ2n) is 3.98. The van der Waals surface area contributed by atoms with Crippen LogP contribution in [0.15, 0.2) is 0 Å². The van der Waals surface area contributed by atoms with Crippen molar-refractivity contribution in [3.8, 4) is 0 Å². The van der Waals surface area contributed by atoms with Crippen molar-refractivity contribution >= 4 is 16.7 Å². The standard InChI is InChI=1S/C10H20N2O2S/c11-6-7-15(14)8-10(13)12-9-4-2-1-3-5-9/h9H,1-8,11H2,(H,12,13). The molecular formula is C10H20N2O2S. The first kappa shape index (κ1) is 12.6. The Balaban J connectivity index is 2.19. The fraction of sp³-hybridized carbons (Fsp3) is 0.900. The third kappa shape index (κ3) is 5.28. The van der Waals surface area contributed by atoms with E-state index in [0.717, 1.165) is 12.8 Å². The first-order valence-electron chi connectivity index (χ1n) is 5.57. The summed E-state index contributed by atoms with van der Waals surface area (Å²) < 4.78 is 11.3. The van der Waals surface area contributed by atoms with E-state index >= 15 is 0 Å². The predicted octanol–water partition coefficient (Wildman–Crippen LogP) is 0.143. The van der Waals surface area contributed by atoms with Crippen LogP contribution in [-0.2, 0) is 15.6 Å². The lowest BCUT2D eigenvalue weighted by Gasteiger charge is -2.22. The summed E-state index contributed by atoms with van der Waals surface area (Å²) in [5, 5.41) is 2.94. The van der Waals surface area contributed by atoms with Crippen molar-refractivity contribution in [1.29, 1.82) is 0 Å². The van der Waals surface area contributed by atoms with Gasteiger partial charge in [0.05, 0.1) is 0 Å². The van der Waals surface area contributed by atoms with Crippen LogP contribution in [-0.4, -0.2) is 34.2 Å². The van der Waals surface area contributed by atoms with E-state index in [1.807, 2.05) is 0 Å². The Bertz CT molecular complexity index is 227. The molecule has 0 bridgehead atoms. The number of hydrogen-bond acceptors (Lipinski definition) is 3. The molecule has 1 saturated carbocycles. The molecule has 0 aromatic heterocycles. The number of carbonyl (C=O) groups excluding carboxylic acids is 1. The molecule has 3 N–H and O–H groups in total. The van der Waals surface area contributed by atoms with Crippen LogP contribution in [0.3, 0.4) is 0 Å². The first-order chi connectivity index (χ1) is 7.22. The van der Waals surface area contributed by atoms with Crippen LogP contribution in [0.2, 0.25) is 0 Å².